The fraction of sp³-hybridized carbons (Fsp3) is 0.457. The summed E-state index contributed by atoms with van der Waals surface area (Å²) in [4.78, 5) is 79.9. The van der Waals surface area contributed by atoms with Crippen LogP contribution in [0.2, 0.25) is 0 Å². The number of nitrogens with one attached hydrogen (secondary N) is 3. The zero-order chi connectivity index (χ0) is 37.4. The number of halogens is 1. The van der Waals surface area contributed by atoms with Gasteiger partial charge in [0.05, 0.1) is 35.1 Å². The lowest BCUT2D eigenvalue weighted by atomic mass is 9.81. The number of pyridine rings is 2. The van der Waals surface area contributed by atoms with E-state index in [4.69, 9.17) is 19.2 Å². The number of aliphatic hydroxyl groups excluding tert-OH is 1. The summed E-state index contributed by atoms with van der Waals surface area (Å²) in [6, 6.07) is 2.08. The molecule has 15 nitrogen and oxygen atoms in total. The molecule has 2 atom stereocenters. The average Bonchev–Trinajstić information content (AvgIpc) is 3.41. The molecular formula is C35H40FN5O10. The third-order valence-electron chi connectivity index (χ3n) is 8.57. The summed E-state index contributed by atoms with van der Waals surface area (Å²) in [6.45, 7) is 7.90. The first-order chi connectivity index (χ1) is 24.0. The number of carbonyl (C=O) groups excluding carboxylic acids is 5. The first-order valence-electron chi connectivity index (χ1n) is 16.4. The largest absolute Gasteiger partial charge is 0.461 e. The molecule has 1 aliphatic heterocycles. The second-order valence-corrected chi connectivity index (χ2v) is 13.4. The third-order valence-corrected chi connectivity index (χ3v) is 8.57. The highest BCUT2D eigenvalue weighted by atomic mass is 19.1. The summed E-state index contributed by atoms with van der Waals surface area (Å²) in [6.07, 6.45) is -1.80. The molecule has 3 heterocycles. The van der Waals surface area contributed by atoms with Gasteiger partial charge in [-0.25, -0.2) is 14.2 Å². The Morgan fingerprint density at radius 1 is 1.06 bits per heavy atom. The second-order valence-electron chi connectivity index (χ2n) is 13.4. The highest BCUT2D eigenvalue weighted by Crippen LogP contribution is 2.45. The molecule has 272 valence electrons. The Hall–Kier alpha value is -5.38. The number of rotatable bonds is 10. The molecule has 0 radical (unpaired) electrons. The summed E-state index contributed by atoms with van der Waals surface area (Å²) in [7, 11) is 0. The van der Waals surface area contributed by atoms with Crippen molar-refractivity contribution in [3.8, 4) is 11.4 Å². The Morgan fingerprint density at radius 3 is 2.41 bits per heavy atom. The highest BCUT2D eigenvalue weighted by Gasteiger charge is 2.36. The van der Waals surface area contributed by atoms with Crippen LogP contribution in [0.1, 0.15) is 86.6 Å². The molecule has 0 fully saturated rings. The Balaban J connectivity index is 1.55. The normalized spacial score (nSPS) is 14.9. The van der Waals surface area contributed by atoms with Gasteiger partial charge in [0.2, 0.25) is 0 Å². The summed E-state index contributed by atoms with van der Waals surface area (Å²) < 4.78 is 31.7. The molecule has 0 bridgehead atoms. The molecule has 5 rings (SSSR count). The molecule has 16 heteroatoms. The summed E-state index contributed by atoms with van der Waals surface area (Å²) in [5.41, 5.74) is 1.43. The zero-order valence-electron chi connectivity index (χ0n) is 29.2. The van der Waals surface area contributed by atoms with E-state index in [1.807, 2.05) is 0 Å². The number of hydrogen-bond donors (Lipinski definition) is 4. The van der Waals surface area contributed by atoms with Crippen LogP contribution < -0.4 is 21.5 Å². The number of benzene rings is 1. The van der Waals surface area contributed by atoms with Crippen LogP contribution in [0, 0.1) is 12.7 Å². The smallest absolute Gasteiger partial charge is 0.407 e. The van der Waals surface area contributed by atoms with Gasteiger partial charge in [-0.15, -0.1) is 0 Å². The van der Waals surface area contributed by atoms with Crippen LogP contribution in [0.5, 0.6) is 0 Å². The SMILES string of the molecule is CC(=O)OCC(=O)N[C@H]1CCc2c(C)c(F)cc3nc4c(c1c23)Cn1c-4cc([C@H](O)C(=O)NCCNC(=O)OC(C)(C)C)c(COC(C)=O)c1=O. The van der Waals surface area contributed by atoms with E-state index in [9.17, 15) is 33.9 Å². The number of nitrogens with zero attached hydrogens (tertiary/aromatic N) is 2. The number of ether oxygens (including phenoxy) is 3. The molecule has 4 N–H and O–H groups in total. The minimum atomic E-state index is -1.90. The van der Waals surface area contributed by atoms with Crippen LogP contribution in [0.3, 0.4) is 0 Å². The maximum atomic E-state index is 15.2. The topological polar surface area (TPSA) is 204 Å². The van der Waals surface area contributed by atoms with Crippen molar-refractivity contribution in [2.45, 2.75) is 85.3 Å². The number of amides is 3. The minimum Gasteiger partial charge on any atom is -0.461 e. The molecule has 51 heavy (non-hydrogen) atoms. The third kappa shape index (κ3) is 7.85. The van der Waals surface area contributed by atoms with Crippen molar-refractivity contribution in [1.29, 1.82) is 0 Å². The van der Waals surface area contributed by atoms with Crippen molar-refractivity contribution in [1.82, 2.24) is 25.5 Å². The average molecular weight is 710 g/mol. The van der Waals surface area contributed by atoms with E-state index < -0.39 is 72.2 Å². The van der Waals surface area contributed by atoms with Crippen LogP contribution in [-0.2, 0) is 53.0 Å². The van der Waals surface area contributed by atoms with Gasteiger partial charge < -0.3 is 39.8 Å². The molecule has 0 unspecified atom stereocenters. The molecule has 2 aromatic heterocycles. The van der Waals surface area contributed by atoms with Crippen LogP contribution in [0.25, 0.3) is 22.3 Å². The van der Waals surface area contributed by atoms with Gasteiger partial charge in [-0.3, -0.25) is 24.0 Å². The number of aliphatic hydroxyl groups is 1. The molecule has 2 aliphatic rings. The molecule has 1 aliphatic carbocycles. The van der Waals surface area contributed by atoms with Gasteiger partial charge in [-0.2, -0.15) is 0 Å². The van der Waals surface area contributed by atoms with E-state index >= 15 is 4.39 Å². The maximum Gasteiger partial charge on any atom is 0.407 e. The van der Waals surface area contributed by atoms with Crippen LogP contribution in [0.15, 0.2) is 16.9 Å². The predicted molar refractivity (Wildman–Crippen MR) is 179 cm³/mol. The van der Waals surface area contributed by atoms with Crippen molar-refractivity contribution in [2.24, 2.45) is 0 Å². The van der Waals surface area contributed by atoms with E-state index in [1.165, 1.54) is 23.6 Å². The van der Waals surface area contributed by atoms with Gasteiger partial charge in [-0.1, -0.05) is 0 Å². The number of aromatic nitrogens is 2. The quantitative estimate of drug-likeness (QED) is 0.107. The Bertz CT molecular complexity index is 2020. The first kappa shape index (κ1) is 36.9. The molecule has 0 saturated heterocycles. The fourth-order valence-corrected chi connectivity index (χ4v) is 6.38. The van der Waals surface area contributed by atoms with Crippen LogP contribution in [-0.4, -0.2) is 69.8 Å². The first-order valence-corrected chi connectivity index (χ1v) is 16.4. The predicted octanol–water partition coefficient (Wildman–Crippen LogP) is 2.28. The van der Waals surface area contributed by atoms with Gasteiger partial charge in [0.15, 0.2) is 12.7 Å². The molecule has 3 aromatic rings. The Labute approximate surface area is 291 Å². The summed E-state index contributed by atoms with van der Waals surface area (Å²) in [5, 5.41) is 19.8. The van der Waals surface area contributed by atoms with E-state index in [-0.39, 0.29) is 47.7 Å². The zero-order valence-corrected chi connectivity index (χ0v) is 29.2. The summed E-state index contributed by atoms with van der Waals surface area (Å²) in [5.74, 6) is -3.25. The monoisotopic (exact) mass is 709 g/mol. The number of carbonyl (C=O) groups is 5. The van der Waals surface area contributed by atoms with Crippen LogP contribution >= 0.6 is 0 Å². The van der Waals surface area contributed by atoms with Gasteiger partial charge in [0.1, 0.15) is 18.0 Å². The number of esters is 2. The van der Waals surface area contributed by atoms with Crippen molar-refractivity contribution >= 4 is 40.7 Å². The Morgan fingerprint density at radius 2 is 1.75 bits per heavy atom. The van der Waals surface area contributed by atoms with Crippen molar-refractivity contribution in [3.63, 3.8) is 0 Å². The van der Waals surface area contributed by atoms with Crippen molar-refractivity contribution in [3.05, 3.63) is 61.7 Å². The molecule has 1 aromatic carbocycles. The van der Waals surface area contributed by atoms with E-state index in [0.29, 0.717) is 40.5 Å². The van der Waals surface area contributed by atoms with E-state index in [2.05, 4.69) is 16.0 Å². The van der Waals surface area contributed by atoms with Gasteiger partial charge in [0, 0.05) is 49.5 Å². The molecule has 3 amide bonds. The summed E-state index contributed by atoms with van der Waals surface area (Å²) >= 11 is 0. The Kier molecular flexibility index (Phi) is 10.5. The van der Waals surface area contributed by atoms with Crippen molar-refractivity contribution in [2.75, 3.05) is 19.7 Å². The molecule has 0 saturated carbocycles. The number of alkyl carbamates (subject to hydrolysis) is 1. The minimum absolute atomic E-state index is 0.0235. The lowest BCUT2D eigenvalue weighted by molar-refractivity contribution is -0.146. The van der Waals surface area contributed by atoms with Crippen LogP contribution in [0.4, 0.5) is 9.18 Å². The van der Waals surface area contributed by atoms with Gasteiger partial charge in [-0.05, 0) is 63.3 Å². The highest BCUT2D eigenvalue weighted by molar-refractivity contribution is 5.94. The van der Waals surface area contributed by atoms with Gasteiger partial charge >= 0.3 is 18.0 Å². The standard InChI is InChI=1S/C35H40FN5O10/c1-16-19-7-8-24(39-27(44)15-50-18(3)43)29-21-13-41-26(30(21)40-25(28(19)29)12-23(16)36)11-20(22(33(41)47)14-49-17(2)42)31(45)32(46)37-9-10-38-34(48)51-35(4,5)6/h11-12,24,31,45H,7-10,13-15H2,1-6H3,(H,37,46)(H,38,48)(H,39,44)/t24-,31-/m0/s1. The lowest BCUT2D eigenvalue weighted by Crippen LogP contribution is -2.39. The van der Waals surface area contributed by atoms with E-state index in [1.54, 1.807) is 27.7 Å². The molecule has 0 spiro atoms. The number of aryl methyl sites for hydroxylation is 1. The van der Waals surface area contributed by atoms with E-state index in [0.717, 1.165) is 6.92 Å². The number of fused-ring (bicyclic) bond motifs is 4. The maximum absolute atomic E-state index is 15.2. The van der Waals surface area contributed by atoms with Gasteiger partial charge in [0.25, 0.3) is 17.4 Å². The second kappa shape index (κ2) is 14.5. The fourth-order valence-electron chi connectivity index (χ4n) is 6.38. The molecular weight excluding hydrogens is 669 g/mol. The number of hydrogen-bond acceptors (Lipinski definition) is 11. The van der Waals surface area contributed by atoms with Crippen molar-refractivity contribution < 1.29 is 47.7 Å². The lowest BCUT2D eigenvalue weighted by Gasteiger charge is -2.29.